The SMILES string of the molecule is CC(C)[C@H]1CCOC[C@@H]1O.CC(C)[C@]1(C)CCCN(CC(F)F)C1.COC1(C)CCC(C(C)C)CC1. The van der Waals surface area contributed by atoms with E-state index in [0.717, 1.165) is 44.4 Å². The quantitative estimate of drug-likeness (QED) is 0.400. The number of ether oxygens (including phenoxy) is 2. The average molecular weight is 520 g/mol. The van der Waals surface area contributed by atoms with E-state index in [1.165, 1.54) is 32.1 Å². The first kappa shape index (κ1) is 33.7. The predicted octanol–water partition coefficient (Wildman–Crippen LogP) is 7.29. The number of rotatable bonds is 6. The van der Waals surface area contributed by atoms with Crippen LogP contribution >= 0.6 is 0 Å². The summed E-state index contributed by atoms with van der Waals surface area (Å²) in [6.45, 7) is 20.8. The smallest absolute Gasteiger partial charge is 0.251 e. The molecular formula is C30H59F2NO3. The second kappa shape index (κ2) is 16.0. The zero-order chi connectivity index (χ0) is 27.5. The third-order valence-electron chi connectivity index (χ3n) is 9.36. The maximum absolute atomic E-state index is 12.2. The Bertz CT molecular complexity index is 579. The Kier molecular flexibility index (Phi) is 14.9. The lowest BCUT2D eigenvalue weighted by molar-refractivity contribution is -0.0572. The van der Waals surface area contributed by atoms with Crippen molar-refractivity contribution < 1.29 is 23.4 Å². The van der Waals surface area contributed by atoms with Crippen molar-refractivity contribution in [2.24, 2.45) is 35.0 Å². The fourth-order valence-electron chi connectivity index (χ4n) is 5.84. The molecule has 0 aromatic carbocycles. The number of likely N-dealkylation sites (tertiary alicyclic amines) is 1. The minimum atomic E-state index is -2.19. The van der Waals surface area contributed by atoms with Crippen LogP contribution < -0.4 is 0 Å². The van der Waals surface area contributed by atoms with Gasteiger partial charge in [0.2, 0.25) is 0 Å². The van der Waals surface area contributed by atoms with Crippen LogP contribution in [0.25, 0.3) is 0 Å². The van der Waals surface area contributed by atoms with Crippen LogP contribution in [0.1, 0.15) is 100 Å². The largest absolute Gasteiger partial charge is 0.390 e. The molecule has 0 aromatic heterocycles. The van der Waals surface area contributed by atoms with E-state index in [1.807, 2.05) is 12.0 Å². The van der Waals surface area contributed by atoms with Crippen molar-refractivity contribution in [1.82, 2.24) is 4.90 Å². The van der Waals surface area contributed by atoms with Crippen LogP contribution in [0.5, 0.6) is 0 Å². The summed E-state index contributed by atoms with van der Waals surface area (Å²) in [6.07, 6.45) is 6.01. The summed E-state index contributed by atoms with van der Waals surface area (Å²) >= 11 is 0. The second-order valence-corrected chi connectivity index (χ2v) is 13.1. The molecule has 0 aromatic rings. The summed E-state index contributed by atoms with van der Waals surface area (Å²) in [5.74, 6) is 3.40. The monoisotopic (exact) mass is 519 g/mol. The van der Waals surface area contributed by atoms with Gasteiger partial charge in [-0.3, -0.25) is 4.90 Å². The summed E-state index contributed by atoms with van der Waals surface area (Å²) in [5, 5.41) is 9.41. The van der Waals surface area contributed by atoms with Gasteiger partial charge in [-0.05, 0) is 93.4 Å². The zero-order valence-electron chi connectivity index (χ0n) is 25.0. The third-order valence-corrected chi connectivity index (χ3v) is 9.36. The third kappa shape index (κ3) is 11.6. The lowest BCUT2D eigenvalue weighted by Crippen LogP contribution is -2.45. The van der Waals surface area contributed by atoms with Gasteiger partial charge in [-0.15, -0.1) is 0 Å². The molecule has 1 saturated carbocycles. The zero-order valence-corrected chi connectivity index (χ0v) is 25.0. The van der Waals surface area contributed by atoms with Crippen molar-refractivity contribution in [3.63, 3.8) is 0 Å². The molecule has 216 valence electrons. The minimum absolute atomic E-state index is 0.0533. The predicted molar refractivity (Wildman–Crippen MR) is 147 cm³/mol. The first-order valence-electron chi connectivity index (χ1n) is 14.5. The molecule has 0 amide bonds. The maximum Gasteiger partial charge on any atom is 0.251 e. The lowest BCUT2D eigenvalue weighted by Gasteiger charge is -2.43. The highest BCUT2D eigenvalue weighted by Gasteiger charge is 2.34. The van der Waals surface area contributed by atoms with E-state index in [9.17, 15) is 13.9 Å². The van der Waals surface area contributed by atoms with Crippen LogP contribution in [0.15, 0.2) is 0 Å². The number of piperidine rings is 1. The molecule has 2 saturated heterocycles. The molecule has 0 spiro atoms. The van der Waals surface area contributed by atoms with Gasteiger partial charge < -0.3 is 14.6 Å². The molecule has 3 atom stereocenters. The molecule has 1 aliphatic carbocycles. The molecular weight excluding hydrogens is 460 g/mol. The van der Waals surface area contributed by atoms with Gasteiger partial charge in [0.15, 0.2) is 0 Å². The Morgan fingerprint density at radius 1 is 0.972 bits per heavy atom. The highest BCUT2D eigenvalue weighted by atomic mass is 19.3. The number of aliphatic hydroxyl groups excluding tert-OH is 1. The van der Waals surface area contributed by atoms with Crippen LogP contribution in [-0.2, 0) is 9.47 Å². The number of hydrogen-bond donors (Lipinski definition) is 1. The molecule has 2 aliphatic heterocycles. The molecule has 3 rings (SSSR count). The summed E-state index contributed by atoms with van der Waals surface area (Å²) < 4.78 is 35.1. The summed E-state index contributed by atoms with van der Waals surface area (Å²) in [6, 6.07) is 0. The highest BCUT2D eigenvalue weighted by Crippen LogP contribution is 2.37. The van der Waals surface area contributed by atoms with E-state index in [2.05, 4.69) is 55.4 Å². The van der Waals surface area contributed by atoms with Gasteiger partial charge in [-0.25, -0.2) is 8.78 Å². The van der Waals surface area contributed by atoms with Crippen molar-refractivity contribution in [2.45, 2.75) is 118 Å². The topological polar surface area (TPSA) is 41.9 Å². The molecule has 6 heteroatoms. The number of methoxy groups -OCH3 is 1. The Balaban J connectivity index is 0.000000274. The minimum Gasteiger partial charge on any atom is -0.390 e. The van der Waals surface area contributed by atoms with E-state index in [4.69, 9.17) is 9.47 Å². The van der Waals surface area contributed by atoms with Gasteiger partial charge in [-0.2, -0.15) is 0 Å². The van der Waals surface area contributed by atoms with Gasteiger partial charge in [0.25, 0.3) is 6.43 Å². The molecule has 0 radical (unpaired) electrons. The second-order valence-electron chi connectivity index (χ2n) is 13.1. The first-order chi connectivity index (χ1) is 16.7. The Morgan fingerprint density at radius 3 is 2.00 bits per heavy atom. The molecule has 0 bridgehead atoms. The number of halogens is 2. The van der Waals surface area contributed by atoms with Crippen molar-refractivity contribution in [2.75, 3.05) is 40.0 Å². The van der Waals surface area contributed by atoms with E-state index >= 15 is 0 Å². The van der Waals surface area contributed by atoms with Gasteiger partial charge in [0, 0.05) is 20.3 Å². The van der Waals surface area contributed by atoms with E-state index in [0.29, 0.717) is 24.4 Å². The van der Waals surface area contributed by atoms with Gasteiger partial charge in [0.1, 0.15) is 0 Å². The lowest BCUT2D eigenvalue weighted by atomic mass is 9.73. The maximum atomic E-state index is 12.2. The molecule has 3 fully saturated rings. The van der Waals surface area contributed by atoms with Crippen molar-refractivity contribution in [1.29, 1.82) is 0 Å². The van der Waals surface area contributed by atoms with E-state index < -0.39 is 6.43 Å². The van der Waals surface area contributed by atoms with E-state index in [-0.39, 0.29) is 23.7 Å². The summed E-state index contributed by atoms with van der Waals surface area (Å²) in [4.78, 5) is 1.91. The number of nitrogens with zero attached hydrogens (tertiary/aromatic N) is 1. The van der Waals surface area contributed by atoms with Crippen LogP contribution in [-0.4, -0.2) is 68.1 Å². The van der Waals surface area contributed by atoms with Crippen molar-refractivity contribution in [3.8, 4) is 0 Å². The molecule has 4 nitrogen and oxygen atoms in total. The molecule has 1 N–H and O–H groups in total. The molecule has 36 heavy (non-hydrogen) atoms. The summed E-state index contributed by atoms with van der Waals surface area (Å²) in [7, 11) is 1.84. The van der Waals surface area contributed by atoms with Crippen molar-refractivity contribution >= 4 is 0 Å². The number of alkyl halides is 2. The van der Waals surface area contributed by atoms with Crippen molar-refractivity contribution in [3.05, 3.63) is 0 Å². The highest BCUT2D eigenvalue weighted by molar-refractivity contribution is 4.86. The molecule has 3 aliphatic rings. The first-order valence-corrected chi connectivity index (χ1v) is 14.5. The number of aliphatic hydroxyl groups is 1. The fourth-order valence-corrected chi connectivity index (χ4v) is 5.84. The normalized spacial score (nSPS) is 33.8. The Morgan fingerprint density at radius 2 is 1.58 bits per heavy atom. The van der Waals surface area contributed by atoms with Crippen LogP contribution in [0.4, 0.5) is 8.78 Å². The van der Waals surface area contributed by atoms with Gasteiger partial charge >= 0.3 is 0 Å². The summed E-state index contributed by atoms with van der Waals surface area (Å²) in [5.41, 5.74) is 0.415. The fraction of sp³-hybridized carbons (Fsp3) is 1.00. The molecule has 0 unspecified atom stereocenters. The van der Waals surface area contributed by atoms with Gasteiger partial charge in [-0.1, -0.05) is 48.5 Å². The van der Waals surface area contributed by atoms with Crippen LogP contribution in [0.3, 0.4) is 0 Å². The van der Waals surface area contributed by atoms with Crippen LogP contribution in [0.2, 0.25) is 0 Å². The van der Waals surface area contributed by atoms with Crippen LogP contribution in [0, 0.1) is 35.0 Å². The Labute approximate surface area is 221 Å². The average Bonchev–Trinajstić information content (AvgIpc) is 2.80. The number of hydrogen-bond acceptors (Lipinski definition) is 4. The van der Waals surface area contributed by atoms with Gasteiger partial charge in [0.05, 0.1) is 24.9 Å². The standard InChI is InChI=1S/C11H21F2N.C11H22O.C8H16O2/c1-9(2)11(3)5-4-6-14(8-11)7-10(12)13;1-9(2)10-5-7-11(3,12-4)8-6-10;1-6(2)7-3-4-10-5-8(7)9/h9-10H,4-8H2,1-3H3;9-10H,5-8H2,1-4H3;6-9H,3-5H2,1-2H3/t11-;;7-,8+/m1.1/s1. The Hall–Kier alpha value is -0.300. The van der Waals surface area contributed by atoms with E-state index in [1.54, 1.807) is 0 Å². The molecule has 2 heterocycles.